The first-order valence-electron chi connectivity index (χ1n) is 5.68. The molecule has 0 saturated carbocycles. The molecule has 20 heavy (non-hydrogen) atoms. The maximum absolute atomic E-state index is 11.0. The number of carbonyl (C=O) groups is 1. The highest BCUT2D eigenvalue weighted by Gasteiger charge is 2.24. The number of hydrogen-bond donors (Lipinski definition) is 2. The molecule has 0 spiro atoms. The molecule has 1 aromatic heterocycles. The predicted molar refractivity (Wildman–Crippen MR) is 71.3 cm³/mol. The molecule has 2 aromatic rings. The number of nitrogens with one attached hydrogen (secondary N) is 1. The molecule has 0 atom stereocenters. The average Bonchev–Trinajstić information content (AvgIpc) is 2.64. The number of carboxylic acids is 1. The molecule has 0 radical (unpaired) electrons. The monoisotopic (exact) mass is 276 g/mol. The molecule has 0 amide bonds. The van der Waals surface area contributed by atoms with E-state index in [2.05, 4.69) is 10.4 Å². The van der Waals surface area contributed by atoms with Gasteiger partial charge >= 0.3 is 11.7 Å². The number of anilines is 2. The number of nitro groups is 1. The van der Waals surface area contributed by atoms with E-state index in [4.69, 9.17) is 5.11 Å². The normalized spacial score (nSPS) is 10.3. The van der Waals surface area contributed by atoms with Crippen molar-refractivity contribution >= 4 is 23.2 Å². The molecular formula is C12H12N4O4. The van der Waals surface area contributed by atoms with Crippen molar-refractivity contribution in [2.75, 3.05) is 5.32 Å². The standard InChI is InChI=1S/C12H12N4O4/c1-7-10(16(19)20)11(15(2)14-7)13-9-5-3-4-8(6-9)12(17)18/h3-6,13H,1-2H3,(H,17,18). The van der Waals surface area contributed by atoms with Crippen molar-refractivity contribution in [2.24, 2.45) is 7.05 Å². The minimum atomic E-state index is -1.07. The predicted octanol–water partition coefficient (Wildman–Crippen LogP) is 2.08. The van der Waals surface area contributed by atoms with Crippen LogP contribution in [0.2, 0.25) is 0 Å². The summed E-state index contributed by atoms with van der Waals surface area (Å²) in [5.74, 6) is -0.862. The summed E-state index contributed by atoms with van der Waals surface area (Å²) in [6.45, 7) is 1.54. The maximum Gasteiger partial charge on any atom is 0.335 e. The molecule has 1 heterocycles. The molecule has 104 valence electrons. The fourth-order valence-corrected chi connectivity index (χ4v) is 1.87. The summed E-state index contributed by atoms with van der Waals surface area (Å²) in [4.78, 5) is 21.4. The Bertz CT molecular complexity index is 693. The van der Waals surface area contributed by atoms with Gasteiger partial charge in [-0.05, 0) is 25.1 Å². The topological polar surface area (TPSA) is 110 Å². The largest absolute Gasteiger partial charge is 0.478 e. The molecule has 2 rings (SSSR count). The third-order valence-electron chi connectivity index (χ3n) is 2.75. The van der Waals surface area contributed by atoms with Crippen LogP contribution in [0.15, 0.2) is 24.3 Å². The van der Waals surface area contributed by atoms with Crippen molar-refractivity contribution in [2.45, 2.75) is 6.92 Å². The van der Waals surface area contributed by atoms with Crippen LogP contribution in [0.1, 0.15) is 16.1 Å². The van der Waals surface area contributed by atoms with Crippen LogP contribution in [0.25, 0.3) is 0 Å². The van der Waals surface area contributed by atoms with Crippen molar-refractivity contribution in [3.63, 3.8) is 0 Å². The Morgan fingerprint density at radius 2 is 2.20 bits per heavy atom. The van der Waals surface area contributed by atoms with Gasteiger partial charge in [0.15, 0.2) is 0 Å². The van der Waals surface area contributed by atoms with E-state index in [1.165, 1.54) is 23.7 Å². The third kappa shape index (κ3) is 2.44. The Morgan fingerprint density at radius 3 is 2.80 bits per heavy atom. The molecule has 8 nitrogen and oxygen atoms in total. The summed E-state index contributed by atoms with van der Waals surface area (Å²) in [6.07, 6.45) is 0. The molecule has 8 heteroatoms. The lowest BCUT2D eigenvalue weighted by molar-refractivity contribution is -0.384. The molecule has 0 aliphatic heterocycles. The van der Waals surface area contributed by atoms with E-state index in [0.29, 0.717) is 5.69 Å². The van der Waals surface area contributed by atoms with Crippen LogP contribution in [0.4, 0.5) is 17.2 Å². The van der Waals surface area contributed by atoms with Crippen molar-refractivity contribution in [1.82, 2.24) is 9.78 Å². The Hall–Kier alpha value is -2.90. The lowest BCUT2D eigenvalue weighted by Gasteiger charge is -2.06. The molecule has 0 saturated heterocycles. The number of aromatic nitrogens is 2. The fourth-order valence-electron chi connectivity index (χ4n) is 1.87. The van der Waals surface area contributed by atoms with Crippen LogP contribution < -0.4 is 5.32 Å². The molecule has 2 N–H and O–H groups in total. The molecule has 0 aliphatic rings. The number of aromatic carboxylic acids is 1. The van der Waals surface area contributed by atoms with E-state index >= 15 is 0 Å². The van der Waals surface area contributed by atoms with Gasteiger partial charge in [0.25, 0.3) is 0 Å². The minimum absolute atomic E-state index is 0.0940. The van der Waals surface area contributed by atoms with E-state index in [1.807, 2.05) is 0 Å². The summed E-state index contributed by atoms with van der Waals surface area (Å²) in [5, 5.41) is 26.8. The number of carboxylic acid groups (broad SMARTS) is 1. The van der Waals surface area contributed by atoms with Gasteiger partial charge in [-0.2, -0.15) is 5.10 Å². The smallest absolute Gasteiger partial charge is 0.335 e. The Labute approximate surface area is 113 Å². The lowest BCUT2D eigenvalue weighted by Crippen LogP contribution is -2.03. The quantitative estimate of drug-likeness (QED) is 0.653. The second-order valence-corrected chi connectivity index (χ2v) is 4.17. The van der Waals surface area contributed by atoms with Gasteiger partial charge < -0.3 is 10.4 Å². The van der Waals surface area contributed by atoms with Gasteiger partial charge in [-0.25, -0.2) is 9.48 Å². The van der Waals surface area contributed by atoms with Crippen LogP contribution in [-0.2, 0) is 7.05 Å². The Kier molecular flexibility index (Phi) is 3.38. The first kappa shape index (κ1) is 13.5. The molecule has 0 fully saturated rings. The van der Waals surface area contributed by atoms with E-state index in [1.54, 1.807) is 19.2 Å². The SMILES string of the molecule is Cc1nn(C)c(Nc2cccc(C(=O)O)c2)c1[N+](=O)[O-]. The molecule has 0 aliphatic carbocycles. The first-order valence-corrected chi connectivity index (χ1v) is 5.68. The molecular weight excluding hydrogens is 264 g/mol. The highest BCUT2D eigenvalue weighted by atomic mass is 16.6. The summed E-state index contributed by atoms with van der Waals surface area (Å²) in [7, 11) is 1.57. The van der Waals surface area contributed by atoms with Gasteiger partial charge in [0.05, 0.1) is 10.5 Å². The van der Waals surface area contributed by atoms with Gasteiger partial charge in [-0.3, -0.25) is 10.1 Å². The zero-order valence-corrected chi connectivity index (χ0v) is 10.8. The Morgan fingerprint density at radius 1 is 1.50 bits per heavy atom. The first-order chi connectivity index (χ1) is 9.40. The second kappa shape index (κ2) is 5.00. The second-order valence-electron chi connectivity index (χ2n) is 4.17. The number of benzene rings is 1. The fraction of sp³-hybridized carbons (Fsp3) is 0.167. The average molecular weight is 276 g/mol. The summed E-state index contributed by atoms with van der Waals surface area (Å²) >= 11 is 0. The summed E-state index contributed by atoms with van der Waals surface area (Å²) in [5.41, 5.74) is 0.690. The van der Waals surface area contributed by atoms with Crippen LogP contribution in [0, 0.1) is 17.0 Å². The highest BCUT2D eigenvalue weighted by Crippen LogP contribution is 2.30. The van der Waals surface area contributed by atoms with Crippen LogP contribution in [0.5, 0.6) is 0 Å². The van der Waals surface area contributed by atoms with Crippen molar-refractivity contribution < 1.29 is 14.8 Å². The summed E-state index contributed by atoms with van der Waals surface area (Å²) in [6, 6.07) is 6.02. The van der Waals surface area contributed by atoms with Crippen LogP contribution >= 0.6 is 0 Å². The Balaban J connectivity index is 2.42. The van der Waals surface area contributed by atoms with Crippen molar-refractivity contribution in [3.8, 4) is 0 Å². The van der Waals surface area contributed by atoms with Crippen LogP contribution in [-0.4, -0.2) is 25.8 Å². The molecule has 0 unspecified atom stereocenters. The molecule has 0 bridgehead atoms. The molecule has 1 aromatic carbocycles. The van der Waals surface area contributed by atoms with Gasteiger partial charge in [0, 0.05) is 12.7 Å². The van der Waals surface area contributed by atoms with Gasteiger partial charge in [-0.1, -0.05) is 6.07 Å². The summed E-state index contributed by atoms with van der Waals surface area (Å²) < 4.78 is 1.35. The van der Waals surface area contributed by atoms with Gasteiger partial charge in [0.2, 0.25) is 5.82 Å². The third-order valence-corrected chi connectivity index (χ3v) is 2.75. The van der Waals surface area contributed by atoms with Gasteiger partial charge in [0.1, 0.15) is 5.69 Å². The number of aryl methyl sites for hydroxylation is 2. The number of nitrogens with zero attached hydrogens (tertiary/aromatic N) is 3. The number of hydrogen-bond acceptors (Lipinski definition) is 5. The van der Waals surface area contributed by atoms with Gasteiger partial charge in [-0.15, -0.1) is 0 Å². The van der Waals surface area contributed by atoms with E-state index in [-0.39, 0.29) is 22.8 Å². The lowest BCUT2D eigenvalue weighted by atomic mass is 10.2. The zero-order chi connectivity index (χ0) is 14.9. The highest BCUT2D eigenvalue weighted by molar-refractivity contribution is 5.89. The maximum atomic E-state index is 11.0. The van der Waals surface area contributed by atoms with Crippen molar-refractivity contribution in [1.29, 1.82) is 0 Å². The number of rotatable bonds is 4. The zero-order valence-electron chi connectivity index (χ0n) is 10.8. The van der Waals surface area contributed by atoms with E-state index < -0.39 is 10.9 Å². The van der Waals surface area contributed by atoms with E-state index in [9.17, 15) is 14.9 Å². The van der Waals surface area contributed by atoms with Crippen LogP contribution in [0.3, 0.4) is 0 Å². The van der Waals surface area contributed by atoms with Crippen molar-refractivity contribution in [3.05, 3.63) is 45.6 Å². The minimum Gasteiger partial charge on any atom is -0.478 e. The van der Waals surface area contributed by atoms with E-state index in [0.717, 1.165) is 0 Å².